The molecule has 0 saturated carbocycles. The molecule has 0 unspecified atom stereocenters. The van der Waals surface area contributed by atoms with E-state index in [-0.39, 0.29) is 29.6 Å². The lowest BCUT2D eigenvalue weighted by Gasteiger charge is -2.51. The molecule has 6 heteroatoms. The van der Waals surface area contributed by atoms with Gasteiger partial charge in [-0.1, -0.05) is 6.07 Å². The van der Waals surface area contributed by atoms with E-state index >= 15 is 0 Å². The topological polar surface area (TPSA) is 58.4 Å². The number of hydrogen-bond donors (Lipinski definition) is 1. The Morgan fingerprint density at radius 3 is 2.89 bits per heavy atom. The lowest BCUT2D eigenvalue weighted by atomic mass is 9.76. The van der Waals surface area contributed by atoms with E-state index in [0.717, 1.165) is 32.4 Å². The van der Waals surface area contributed by atoms with Crippen molar-refractivity contribution in [1.82, 2.24) is 15.2 Å². The molecular formula is C22H22FN3O2. The van der Waals surface area contributed by atoms with E-state index in [1.807, 2.05) is 12.3 Å². The zero-order valence-electron chi connectivity index (χ0n) is 15.5. The van der Waals surface area contributed by atoms with Gasteiger partial charge in [0.1, 0.15) is 11.4 Å². The van der Waals surface area contributed by atoms with E-state index in [1.165, 1.54) is 17.7 Å². The molecule has 5 heterocycles. The minimum absolute atomic E-state index is 0.0696. The zero-order valence-corrected chi connectivity index (χ0v) is 15.5. The number of rotatable bonds is 4. The zero-order chi connectivity index (χ0) is 19.1. The molecule has 0 aliphatic carbocycles. The Bertz CT molecular complexity index is 995. The number of furan rings is 1. The number of nitrogens with zero attached hydrogens (tertiary/aromatic N) is 2. The summed E-state index contributed by atoms with van der Waals surface area (Å²) in [5.41, 5.74) is 1.70. The second-order valence-electron chi connectivity index (χ2n) is 7.80. The standard InChI is InChI=1S/C22H22FN3O2/c23-17-3-4-19-16(11-17)12-20(28-19)22(27)25-21-15-5-8-26(9-6-15)18(21)10-14-2-1-7-24-13-14/h1-4,7,11-13,15,18,21H,5-6,8-10H2,(H,25,27)/t18-,21+/m0/s1. The number of carbonyl (C=O) groups excluding carboxylic acids is 1. The SMILES string of the molecule is O=C(N[C@@H]1C2CCN(CC2)[C@H]1Cc1cccnc1)c1cc2cc(F)ccc2o1. The summed E-state index contributed by atoms with van der Waals surface area (Å²) in [4.78, 5) is 19.6. The molecule has 3 saturated heterocycles. The van der Waals surface area contributed by atoms with Crippen molar-refractivity contribution >= 4 is 16.9 Å². The van der Waals surface area contributed by atoms with Crippen LogP contribution < -0.4 is 5.32 Å². The first-order chi connectivity index (χ1) is 13.7. The molecule has 2 atom stereocenters. The maximum absolute atomic E-state index is 13.4. The number of amides is 1. The van der Waals surface area contributed by atoms with Crippen LogP contribution in [0.2, 0.25) is 0 Å². The summed E-state index contributed by atoms with van der Waals surface area (Å²) in [6, 6.07) is 10.3. The molecular weight excluding hydrogens is 357 g/mol. The molecule has 0 spiro atoms. The van der Waals surface area contributed by atoms with Gasteiger partial charge in [-0.15, -0.1) is 0 Å². The number of halogens is 1. The summed E-state index contributed by atoms with van der Waals surface area (Å²) in [5, 5.41) is 3.83. The average molecular weight is 379 g/mol. The number of piperidine rings is 3. The van der Waals surface area contributed by atoms with Gasteiger partial charge >= 0.3 is 0 Å². The van der Waals surface area contributed by atoms with Crippen molar-refractivity contribution in [3.63, 3.8) is 0 Å². The summed E-state index contributed by atoms with van der Waals surface area (Å²) in [6.45, 7) is 2.15. The Balaban J connectivity index is 1.38. The summed E-state index contributed by atoms with van der Waals surface area (Å²) in [5.74, 6) is 0.135. The molecule has 1 amide bonds. The Morgan fingerprint density at radius 2 is 2.11 bits per heavy atom. The van der Waals surface area contributed by atoms with Gasteiger partial charge in [-0.3, -0.25) is 14.7 Å². The van der Waals surface area contributed by atoms with Gasteiger partial charge in [-0.2, -0.15) is 0 Å². The summed E-state index contributed by atoms with van der Waals surface area (Å²) in [7, 11) is 0. The average Bonchev–Trinajstić information content (AvgIpc) is 3.14. The van der Waals surface area contributed by atoms with Gasteiger partial charge < -0.3 is 9.73 Å². The number of aromatic nitrogens is 1. The van der Waals surface area contributed by atoms with Crippen molar-refractivity contribution in [2.24, 2.45) is 5.92 Å². The summed E-state index contributed by atoms with van der Waals surface area (Å²) < 4.78 is 19.1. The van der Waals surface area contributed by atoms with Crippen LogP contribution >= 0.6 is 0 Å². The number of hydrogen-bond acceptors (Lipinski definition) is 4. The van der Waals surface area contributed by atoms with E-state index in [4.69, 9.17) is 4.42 Å². The van der Waals surface area contributed by atoms with Crippen LogP contribution in [0.1, 0.15) is 29.0 Å². The molecule has 3 aliphatic rings. The minimum atomic E-state index is -0.339. The predicted molar refractivity (Wildman–Crippen MR) is 103 cm³/mol. The molecule has 2 aromatic heterocycles. The quantitative estimate of drug-likeness (QED) is 0.755. The number of nitrogens with one attached hydrogen (secondary N) is 1. The third-order valence-electron chi connectivity index (χ3n) is 6.13. The van der Waals surface area contributed by atoms with Gasteiger partial charge in [0.25, 0.3) is 5.91 Å². The molecule has 5 nitrogen and oxygen atoms in total. The number of benzene rings is 1. The van der Waals surface area contributed by atoms with Crippen LogP contribution in [0, 0.1) is 11.7 Å². The third-order valence-corrected chi connectivity index (χ3v) is 6.13. The molecule has 3 aliphatic heterocycles. The molecule has 6 rings (SSSR count). The van der Waals surface area contributed by atoms with Crippen LogP contribution in [0.5, 0.6) is 0 Å². The van der Waals surface area contributed by atoms with Crippen LogP contribution in [-0.4, -0.2) is 41.0 Å². The maximum atomic E-state index is 13.4. The Kier molecular flexibility index (Phi) is 4.36. The highest BCUT2D eigenvalue weighted by Crippen LogP contribution is 2.34. The molecule has 2 bridgehead atoms. The van der Waals surface area contributed by atoms with E-state index in [2.05, 4.69) is 21.3 Å². The van der Waals surface area contributed by atoms with Crippen LogP contribution in [-0.2, 0) is 6.42 Å². The fourth-order valence-corrected chi connectivity index (χ4v) is 4.73. The second-order valence-corrected chi connectivity index (χ2v) is 7.80. The fourth-order valence-electron chi connectivity index (χ4n) is 4.73. The fraction of sp³-hybridized carbons (Fsp3) is 0.364. The predicted octanol–water partition coefficient (Wildman–Crippen LogP) is 3.40. The van der Waals surface area contributed by atoms with Crippen LogP contribution in [0.3, 0.4) is 0 Å². The molecule has 28 heavy (non-hydrogen) atoms. The van der Waals surface area contributed by atoms with Crippen molar-refractivity contribution in [3.05, 3.63) is 65.9 Å². The monoisotopic (exact) mass is 379 g/mol. The number of pyridine rings is 1. The molecule has 1 N–H and O–H groups in total. The van der Waals surface area contributed by atoms with Gasteiger partial charge in [-0.25, -0.2) is 4.39 Å². The van der Waals surface area contributed by atoms with Crippen LogP contribution in [0.25, 0.3) is 11.0 Å². The van der Waals surface area contributed by atoms with Crippen molar-refractivity contribution in [1.29, 1.82) is 0 Å². The molecule has 144 valence electrons. The van der Waals surface area contributed by atoms with Crippen molar-refractivity contribution in [2.75, 3.05) is 13.1 Å². The van der Waals surface area contributed by atoms with Gasteiger partial charge in [0, 0.05) is 29.9 Å². The summed E-state index contributed by atoms with van der Waals surface area (Å²) in [6.07, 6.45) is 6.73. The van der Waals surface area contributed by atoms with Crippen LogP contribution in [0.15, 0.2) is 53.2 Å². The Morgan fingerprint density at radius 1 is 1.25 bits per heavy atom. The normalized spacial score (nSPS) is 26.5. The van der Waals surface area contributed by atoms with Gasteiger partial charge in [0.05, 0.1) is 0 Å². The highest BCUT2D eigenvalue weighted by Gasteiger charge is 2.43. The van der Waals surface area contributed by atoms with Crippen molar-refractivity contribution in [3.8, 4) is 0 Å². The highest BCUT2D eigenvalue weighted by molar-refractivity contribution is 5.96. The highest BCUT2D eigenvalue weighted by atomic mass is 19.1. The van der Waals surface area contributed by atoms with E-state index in [0.29, 0.717) is 16.9 Å². The van der Waals surface area contributed by atoms with Gasteiger partial charge in [0.15, 0.2) is 5.76 Å². The van der Waals surface area contributed by atoms with E-state index in [9.17, 15) is 9.18 Å². The van der Waals surface area contributed by atoms with Gasteiger partial charge in [-0.05, 0) is 74.2 Å². The first-order valence-corrected chi connectivity index (χ1v) is 9.80. The van der Waals surface area contributed by atoms with Crippen molar-refractivity contribution < 1.29 is 13.6 Å². The van der Waals surface area contributed by atoms with E-state index < -0.39 is 0 Å². The van der Waals surface area contributed by atoms with Gasteiger partial charge in [0.2, 0.25) is 0 Å². The van der Waals surface area contributed by atoms with Crippen molar-refractivity contribution in [2.45, 2.75) is 31.3 Å². The minimum Gasteiger partial charge on any atom is -0.451 e. The Hall–Kier alpha value is -2.73. The second kappa shape index (κ2) is 7.02. The first-order valence-electron chi connectivity index (χ1n) is 9.80. The van der Waals surface area contributed by atoms with Crippen LogP contribution in [0.4, 0.5) is 4.39 Å². The smallest absolute Gasteiger partial charge is 0.287 e. The molecule has 1 aromatic carbocycles. The molecule has 0 radical (unpaired) electrons. The largest absolute Gasteiger partial charge is 0.451 e. The third kappa shape index (κ3) is 3.18. The Labute approximate surface area is 162 Å². The molecule has 3 aromatic rings. The maximum Gasteiger partial charge on any atom is 0.287 e. The lowest BCUT2D eigenvalue weighted by molar-refractivity contribution is 0.0131. The molecule has 3 fully saturated rings. The number of fused-ring (bicyclic) bond motifs is 4. The number of carbonyl (C=O) groups is 1. The first kappa shape index (κ1) is 17.4. The van der Waals surface area contributed by atoms with E-state index in [1.54, 1.807) is 18.3 Å². The lowest BCUT2D eigenvalue weighted by Crippen LogP contribution is -2.64. The summed E-state index contributed by atoms with van der Waals surface area (Å²) >= 11 is 0.